The summed E-state index contributed by atoms with van der Waals surface area (Å²) in [6.45, 7) is 4.93. The van der Waals surface area contributed by atoms with Crippen LogP contribution in [0, 0.1) is 12.8 Å². The van der Waals surface area contributed by atoms with E-state index in [2.05, 4.69) is 43.5 Å². The van der Waals surface area contributed by atoms with Gasteiger partial charge in [-0.3, -0.25) is 11.3 Å². The molecule has 0 aliphatic heterocycles. The van der Waals surface area contributed by atoms with Gasteiger partial charge >= 0.3 is 0 Å². The molecule has 1 fully saturated rings. The van der Waals surface area contributed by atoms with Gasteiger partial charge in [-0.25, -0.2) is 0 Å². The molecule has 0 radical (unpaired) electrons. The number of hydrazine groups is 1. The van der Waals surface area contributed by atoms with E-state index in [1.807, 2.05) is 0 Å². The first-order chi connectivity index (χ1) is 8.74. The number of hydrogen-bond donors (Lipinski definition) is 2. The highest BCUT2D eigenvalue weighted by Gasteiger charge is 2.36. The van der Waals surface area contributed by atoms with Crippen LogP contribution in [0.4, 0.5) is 0 Å². The Morgan fingerprint density at radius 3 is 2.78 bits per heavy atom. The van der Waals surface area contributed by atoms with Crippen molar-refractivity contribution in [1.82, 2.24) is 5.43 Å². The lowest BCUT2D eigenvalue weighted by atomic mass is 9.98. The van der Waals surface area contributed by atoms with Gasteiger partial charge in [0.05, 0.1) is 12.1 Å². The Morgan fingerprint density at radius 2 is 2.22 bits per heavy atom. The van der Waals surface area contributed by atoms with Gasteiger partial charge in [-0.05, 0) is 44.6 Å². The fourth-order valence-electron chi connectivity index (χ4n) is 2.56. The number of benzene rings is 1. The van der Waals surface area contributed by atoms with E-state index in [0.717, 1.165) is 13.0 Å². The molecule has 3 heteroatoms. The summed E-state index contributed by atoms with van der Waals surface area (Å²) >= 11 is 0. The molecule has 3 nitrogen and oxygen atoms in total. The average Bonchev–Trinajstić information content (AvgIpc) is 3.18. The predicted molar refractivity (Wildman–Crippen MR) is 74.1 cm³/mol. The van der Waals surface area contributed by atoms with Crippen LogP contribution in [0.5, 0.6) is 0 Å². The van der Waals surface area contributed by atoms with Crippen molar-refractivity contribution in [3.63, 3.8) is 0 Å². The van der Waals surface area contributed by atoms with Crippen molar-refractivity contribution in [3.05, 3.63) is 35.4 Å². The molecule has 2 unspecified atom stereocenters. The Balaban J connectivity index is 2.03. The van der Waals surface area contributed by atoms with Crippen LogP contribution >= 0.6 is 0 Å². The van der Waals surface area contributed by atoms with Gasteiger partial charge in [-0.15, -0.1) is 0 Å². The van der Waals surface area contributed by atoms with Gasteiger partial charge < -0.3 is 4.74 Å². The second kappa shape index (κ2) is 6.32. The van der Waals surface area contributed by atoms with E-state index in [9.17, 15) is 0 Å². The first kappa shape index (κ1) is 13.5. The Hall–Kier alpha value is -0.900. The van der Waals surface area contributed by atoms with Crippen molar-refractivity contribution >= 4 is 0 Å². The molecule has 0 saturated heterocycles. The third-order valence-electron chi connectivity index (χ3n) is 3.59. The second-order valence-corrected chi connectivity index (χ2v) is 5.22. The van der Waals surface area contributed by atoms with Crippen molar-refractivity contribution in [2.75, 3.05) is 6.61 Å². The Bertz CT molecular complexity index is 377. The molecule has 2 rings (SSSR count). The molecule has 0 heterocycles. The molecule has 18 heavy (non-hydrogen) atoms. The van der Waals surface area contributed by atoms with Gasteiger partial charge in [0.25, 0.3) is 0 Å². The molecule has 0 aromatic heterocycles. The van der Waals surface area contributed by atoms with E-state index < -0.39 is 0 Å². The van der Waals surface area contributed by atoms with Crippen LogP contribution in [0.2, 0.25) is 0 Å². The van der Waals surface area contributed by atoms with Crippen LogP contribution in [-0.4, -0.2) is 18.8 Å². The smallest absolute Gasteiger partial charge is 0.0772 e. The molecular formula is C15H24N2O. The largest absolute Gasteiger partial charge is 0.377 e. The summed E-state index contributed by atoms with van der Waals surface area (Å²) in [4.78, 5) is 0. The Kier molecular flexibility index (Phi) is 4.75. The first-order valence-corrected chi connectivity index (χ1v) is 6.88. The number of aryl methyl sites for hydroxylation is 1. The molecule has 2 atom stereocenters. The maximum atomic E-state index is 5.88. The highest BCUT2D eigenvalue weighted by molar-refractivity contribution is 5.23. The van der Waals surface area contributed by atoms with E-state index in [0.29, 0.717) is 5.92 Å². The molecule has 3 N–H and O–H groups in total. The zero-order chi connectivity index (χ0) is 13.0. The lowest BCUT2D eigenvalue weighted by molar-refractivity contribution is 0.0192. The number of nitrogens with one attached hydrogen (secondary N) is 1. The van der Waals surface area contributed by atoms with Gasteiger partial charge in [0.2, 0.25) is 0 Å². The van der Waals surface area contributed by atoms with Crippen molar-refractivity contribution in [2.45, 2.75) is 45.3 Å². The minimum atomic E-state index is 0.208. The summed E-state index contributed by atoms with van der Waals surface area (Å²) in [5.74, 6) is 6.42. The van der Waals surface area contributed by atoms with E-state index >= 15 is 0 Å². The molecule has 100 valence electrons. The summed E-state index contributed by atoms with van der Waals surface area (Å²) in [6.07, 6.45) is 3.73. The monoisotopic (exact) mass is 248 g/mol. The van der Waals surface area contributed by atoms with Gasteiger partial charge in [-0.2, -0.15) is 0 Å². The topological polar surface area (TPSA) is 47.3 Å². The fourth-order valence-corrected chi connectivity index (χ4v) is 2.56. The van der Waals surface area contributed by atoms with Crippen LogP contribution < -0.4 is 11.3 Å². The second-order valence-electron chi connectivity index (χ2n) is 5.22. The average molecular weight is 248 g/mol. The molecule has 0 bridgehead atoms. The lowest BCUT2D eigenvalue weighted by Crippen LogP contribution is -2.47. The van der Waals surface area contributed by atoms with Crippen LogP contribution in [0.25, 0.3) is 0 Å². The number of nitrogens with two attached hydrogens (primary N) is 1. The molecule has 0 spiro atoms. The Morgan fingerprint density at radius 1 is 1.44 bits per heavy atom. The SMILES string of the molecule is CCOC(C1CC1)C(Cc1cccc(C)c1)NN. The summed E-state index contributed by atoms with van der Waals surface area (Å²) < 4.78 is 5.88. The number of hydrogen-bond acceptors (Lipinski definition) is 3. The summed E-state index contributed by atoms with van der Waals surface area (Å²) in [5, 5.41) is 0. The third kappa shape index (κ3) is 3.55. The highest BCUT2D eigenvalue weighted by atomic mass is 16.5. The van der Waals surface area contributed by atoms with Crippen molar-refractivity contribution in [3.8, 4) is 0 Å². The molecule has 1 aromatic carbocycles. The number of ether oxygens (including phenoxy) is 1. The maximum Gasteiger partial charge on any atom is 0.0772 e. The maximum absolute atomic E-state index is 5.88. The molecule has 1 aromatic rings. The first-order valence-electron chi connectivity index (χ1n) is 6.88. The normalized spacial score (nSPS) is 18.6. The zero-order valence-electron chi connectivity index (χ0n) is 11.4. The van der Waals surface area contributed by atoms with Gasteiger partial charge in [0, 0.05) is 6.61 Å². The van der Waals surface area contributed by atoms with Crippen LogP contribution in [-0.2, 0) is 11.2 Å². The summed E-state index contributed by atoms with van der Waals surface area (Å²) in [7, 11) is 0. The van der Waals surface area contributed by atoms with Gasteiger partial charge in [0.1, 0.15) is 0 Å². The Labute approximate surface area is 110 Å². The van der Waals surface area contributed by atoms with E-state index in [1.165, 1.54) is 24.0 Å². The summed E-state index contributed by atoms with van der Waals surface area (Å²) in [6, 6.07) is 8.81. The van der Waals surface area contributed by atoms with Crippen molar-refractivity contribution in [1.29, 1.82) is 0 Å². The highest BCUT2D eigenvalue weighted by Crippen LogP contribution is 2.36. The van der Waals surface area contributed by atoms with Crippen molar-refractivity contribution < 1.29 is 4.74 Å². The van der Waals surface area contributed by atoms with E-state index in [-0.39, 0.29) is 12.1 Å². The van der Waals surface area contributed by atoms with Crippen LogP contribution in [0.3, 0.4) is 0 Å². The molecule has 0 amide bonds. The predicted octanol–water partition coefficient (Wildman–Crippen LogP) is 2.18. The van der Waals surface area contributed by atoms with Gasteiger partial charge in [-0.1, -0.05) is 29.8 Å². The van der Waals surface area contributed by atoms with E-state index in [4.69, 9.17) is 10.6 Å². The standard InChI is InChI=1S/C15H24N2O/c1-3-18-15(13-7-8-13)14(17-16)10-12-6-4-5-11(2)9-12/h4-6,9,13-15,17H,3,7-8,10,16H2,1-2H3. The lowest BCUT2D eigenvalue weighted by Gasteiger charge is -2.26. The minimum Gasteiger partial charge on any atom is -0.377 e. The zero-order valence-corrected chi connectivity index (χ0v) is 11.4. The summed E-state index contributed by atoms with van der Waals surface area (Å²) in [5.41, 5.74) is 5.57. The van der Waals surface area contributed by atoms with Gasteiger partial charge in [0.15, 0.2) is 0 Å². The van der Waals surface area contributed by atoms with Crippen molar-refractivity contribution in [2.24, 2.45) is 11.8 Å². The van der Waals surface area contributed by atoms with E-state index in [1.54, 1.807) is 0 Å². The third-order valence-corrected chi connectivity index (χ3v) is 3.59. The molecule has 1 saturated carbocycles. The fraction of sp³-hybridized carbons (Fsp3) is 0.600. The quantitative estimate of drug-likeness (QED) is 0.574. The molecule has 1 aliphatic carbocycles. The molecule has 1 aliphatic rings. The molecular weight excluding hydrogens is 224 g/mol. The number of rotatable bonds is 7. The van der Waals surface area contributed by atoms with Crippen LogP contribution in [0.15, 0.2) is 24.3 Å². The van der Waals surface area contributed by atoms with Crippen LogP contribution in [0.1, 0.15) is 30.9 Å². The minimum absolute atomic E-state index is 0.208.